The molecule has 0 spiro atoms. The molecule has 2 amide bonds. The van der Waals surface area contributed by atoms with Crippen LogP contribution in [0.3, 0.4) is 0 Å². The zero-order chi connectivity index (χ0) is 18.5. The van der Waals surface area contributed by atoms with E-state index in [1.807, 2.05) is 25.1 Å². The van der Waals surface area contributed by atoms with Gasteiger partial charge in [0.25, 0.3) is 11.8 Å². The number of hydrogen-bond donors (Lipinski definition) is 3. The van der Waals surface area contributed by atoms with E-state index in [0.717, 1.165) is 5.56 Å². The lowest BCUT2D eigenvalue weighted by atomic mass is 10.2. The van der Waals surface area contributed by atoms with Gasteiger partial charge in [-0.15, -0.1) is 0 Å². The Kier molecular flexibility index (Phi) is 4.98. The van der Waals surface area contributed by atoms with Crippen molar-refractivity contribution in [2.24, 2.45) is 0 Å². The number of benzene rings is 2. The van der Waals surface area contributed by atoms with Crippen molar-refractivity contribution in [2.75, 3.05) is 17.7 Å². The number of rotatable bonds is 5. The van der Waals surface area contributed by atoms with Gasteiger partial charge >= 0.3 is 0 Å². The number of aromatic nitrogens is 2. The number of nitrogens with zero attached hydrogens (tertiary/aromatic N) is 1. The minimum Gasteiger partial charge on any atom is -0.497 e. The summed E-state index contributed by atoms with van der Waals surface area (Å²) in [4.78, 5) is 31.7. The molecule has 0 aliphatic heterocycles. The quantitative estimate of drug-likeness (QED) is 0.658. The number of methoxy groups -OCH3 is 1. The summed E-state index contributed by atoms with van der Waals surface area (Å²) in [5, 5.41) is 5.49. The first kappa shape index (κ1) is 17.2. The number of anilines is 2. The second kappa shape index (κ2) is 7.52. The Morgan fingerprint density at radius 3 is 2.62 bits per heavy atom. The fourth-order valence-corrected chi connectivity index (χ4v) is 2.43. The van der Waals surface area contributed by atoms with Crippen molar-refractivity contribution >= 4 is 23.2 Å². The molecule has 1 aromatic heterocycles. The van der Waals surface area contributed by atoms with Crippen LogP contribution >= 0.6 is 0 Å². The Labute approximate surface area is 150 Å². The molecule has 132 valence electrons. The molecule has 0 aliphatic rings. The minimum absolute atomic E-state index is 0.0129. The Bertz CT molecular complexity index is 949. The van der Waals surface area contributed by atoms with Crippen LogP contribution < -0.4 is 15.4 Å². The van der Waals surface area contributed by atoms with Crippen molar-refractivity contribution in [3.05, 3.63) is 71.8 Å². The van der Waals surface area contributed by atoms with Gasteiger partial charge in [-0.2, -0.15) is 0 Å². The lowest BCUT2D eigenvalue weighted by Crippen LogP contribution is -2.20. The van der Waals surface area contributed by atoms with Crippen molar-refractivity contribution < 1.29 is 14.3 Å². The topological polar surface area (TPSA) is 96.1 Å². The highest BCUT2D eigenvalue weighted by molar-refractivity contribution is 6.13. The number of imidazole rings is 1. The molecule has 0 saturated carbocycles. The minimum atomic E-state index is -0.491. The smallest absolute Gasteiger partial charge is 0.276 e. The SMILES string of the molecule is COc1cccc(NC(=O)c2nc[nH]c2C(=O)Nc2ccccc2C)c1. The normalized spacial score (nSPS) is 10.2. The molecule has 1 heterocycles. The number of carbonyl (C=O) groups excluding carboxylic acids is 2. The largest absolute Gasteiger partial charge is 0.497 e. The van der Waals surface area contributed by atoms with E-state index in [0.29, 0.717) is 17.1 Å². The Morgan fingerprint density at radius 1 is 1.04 bits per heavy atom. The fourth-order valence-electron chi connectivity index (χ4n) is 2.43. The molecule has 0 bridgehead atoms. The van der Waals surface area contributed by atoms with E-state index in [-0.39, 0.29) is 11.4 Å². The summed E-state index contributed by atoms with van der Waals surface area (Å²) in [5.74, 6) is -0.315. The lowest BCUT2D eigenvalue weighted by Gasteiger charge is -2.09. The molecular formula is C19H18N4O3. The van der Waals surface area contributed by atoms with Gasteiger partial charge in [0.2, 0.25) is 0 Å². The van der Waals surface area contributed by atoms with Crippen molar-refractivity contribution in [3.63, 3.8) is 0 Å². The summed E-state index contributed by atoms with van der Waals surface area (Å²) in [6.45, 7) is 1.89. The van der Waals surface area contributed by atoms with Gasteiger partial charge in [0, 0.05) is 17.4 Å². The fraction of sp³-hybridized carbons (Fsp3) is 0.105. The summed E-state index contributed by atoms with van der Waals surface area (Å²) in [6.07, 6.45) is 1.31. The molecule has 3 N–H and O–H groups in total. The highest BCUT2D eigenvalue weighted by Gasteiger charge is 2.21. The third kappa shape index (κ3) is 3.72. The Balaban J connectivity index is 1.78. The van der Waals surface area contributed by atoms with Crippen molar-refractivity contribution in [1.82, 2.24) is 9.97 Å². The van der Waals surface area contributed by atoms with Crippen LogP contribution in [0.5, 0.6) is 5.75 Å². The average molecular weight is 350 g/mol. The van der Waals surface area contributed by atoms with E-state index >= 15 is 0 Å². The van der Waals surface area contributed by atoms with Crippen LogP contribution in [0.1, 0.15) is 26.5 Å². The summed E-state index contributed by atoms with van der Waals surface area (Å²) >= 11 is 0. The van der Waals surface area contributed by atoms with Gasteiger partial charge in [0.15, 0.2) is 5.69 Å². The molecule has 0 saturated heterocycles. The number of ether oxygens (including phenoxy) is 1. The summed E-state index contributed by atoms with van der Waals surface area (Å²) in [7, 11) is 1.54. The number of amides is 2. The Morgan fingerprint density at radius 2 is 1.85 bits per heavy atom. The summed E-state index contributed by atoms with van der Waals surface area (Å²) < 4.78 is 5.13. The van der Waals surface area contributed by atoms with E-state index in [9.17, 15) is 9.59 Å². The van der Waals surface area contributed by atoms with Gasteiger partial charge in [-0.05, 0) is 30.7 Å². The van der Waals surface area contributed by atoms with E-state index in [1.165, 1.54) is 6.33 Å². The molecule has 0 radical (unpaired) electrons. The molecule has 0 fully saturated rings. The number of H-pyrrole nitrogens is 1. The number of aromatic amines is 1. The van der Waals surface area contributed by atoms with E-state index in [1.54, 1.807) is 37.4 Å². The summed E-state index contributed by atoms with van der Waals surface area (Å²) in [5.41, 5.74) is 2.24. The first-order valence-corrected chi connectivity index (χ1v) is 7.94. The van der Waals surface area contributed by atoms with E-state index < -0.39 is 11.8 Å². The molecule has 3 rings (SSSR count). The van der Waals surface area contributed by atoms with Crippen LogP contribution in [-0.2, 0) is 0 Å². The van der Waals surface area contributed by atoms with Crippen LogP contribution in [0.15, 0.2) is 54.9 Å². The Hall–Kier alpha value is -3.61. The molecule has 0 aliphatic carbocycles. The molecular weight excluding hydrogens is 332 g/mol. The van der Waals surface area contributed by atoms with Crippen LogP contribution in [0, 0.1) is 6.92 Å². The predicted octanol–water partition coefficient (Wildman–Crippen LogP) is 3.23. The highest BCUT2D eigenvalue weighted by Crippen LogP contribution is 2.19. The number of hydrogen-bond acceptors (Lipinski definition) is 4. The van der Waals surface area contributed by atoms with Crippen molar-refractivity contribution in [1.29, 1.82) is 0 Å². The summed E-state index contributed by atoms with van der Waals surface area (Å²) in [6, 6.07) is 14.3. The highest BCUT2D eigenvalue weighted by atomic mass is 16.5. The van der Waals surface area contributed by atoms with Gasteiger partial charge < -0.3 is 20.4 Å². The van der Waals surface area contributed by atoms with Crippen LogP contribution in [0.2, 0.25) is 0 Å². The lowest BCUT2D eigenvalue weighted by molar-refractivity contribution is 0.0985. The zero-order valence-electron chi connectivity index (χ0n) is 14.4. The number of carbonyl (C=O) groups is 2. The van der Waals surface area contributed by atoms with Crippen molar-refractivity contribution in [2.45, 2.75) is 6.92 Å². The standard InChI is InChI=1S/C19H18N4O3/c1-12-6-3-4-9-15(12)23-19(25)17-16(20-11-21-17)18(24)22-13-7-5-8-14(10-13)26-2/h3-11H,1-2H3,(H,20,21)(H,22,24)(H,23,25). The van der Waals surface area contributed by atoms with Gasteiger partial charge in [-0.1, -0.05) is 24.3 Å². The van der Waals surface area contributed by atoms with Gasteiger partial charge in [-0.3, -0.25) is 9.59 Å². The van der Waals surface area contributed by atoms with Crippen LogP contribution in [0.25, 0.3) is 0 Å². The molecule has 0 atom stereocenters. The molecule has 7 heteroatoms. The van der Waals surface area contributed by atoms with Crippen LogP contribution in [0.4, 0.5) is 11.4 Å². The molecule has 7 nitrogen and oxygen atoms in total. The first-order valence-electron chi connectivity index (χ1n) is 7.94. The maximum absolute atomic E-state index is 12.5. The third-order valence-corrected chi connectivity index (χ3v) is 3.80. The van der Waals surface area contributed by atoms with Gasteiger partial charge in [0.1, 0.15) is 11.4 Å². The zero-order valence-corrected chi connectivity index (χ0v) is 14.4. The maximum Gasteiger partial charge on any atom is 0.276 e. The van der Waals surface area contributed by atoms with Gasteiger partial charge in [0.05, 0.1) is 13.4 Å². The van der Waals surface area contributed by atoms with Gasteiger partial charge in [-0.25, -0.2) is 4.98 Å². The second-order valence-corrected chi connectivity index (χ2v) is 5.58. The van der Waals surface area contributed by atoms with E-state index in [4.69, 9.17) is 4.74 Å². The number of aryl methyl sites for hydroxylation is 1. The molecule has 3 aromatic rings. The third-order valence-electron chi connectivity index (χ3n) is 3.80. The maximum atomic E-state index is 12.5. The van der Waals surface area contributed by atoms with E-state index in [2.05, 4.69) is 20.6 Å². The second-order valence-electron chi connectivity index (χ2n) is 5.58. The predicted molar refractivity (Wildman–Crippen MR) is 98.7 cm³/mol. The monoisotopic (exact) mass is 350 g/mol. The molecule has 2 aromatic carbocycles. The molecule has 0 unspecified atom stereocenters. The van der Waals surface area contributed by atoms with Crippen molar-refractivity contribution in [3.8, 4) is 5.75 Å². The molecule has 26 heavy (non-hydrogen) atoms. The average Bonchev–Trinajstić information content (AvgIpc) is 3.14. The van der Waals surface area contributed by atoms with Crippen LogP contribution in [-0.4, -0.2) is 28.9 Å². The first-order chi connectivity index (χ1) is 12.6. The number of nitrogens with one attached hydrogen (secondary N) is 3. The number of para-hydroxylation sites is 1.